The molecule has 1 unspecified atom stereocenters. The van der Waals surface area contributed by atoms with Crippen molar-refractivity contribution in [2.24, 2.45) is 0 Å². The molecule has 0 saturated carbocycles. The van der Waals surface area contributed by atoms with Crippen LogP contribution in [-0.2, 0) is 11.3 Å². The van der Waals surface area contributed by atoms with Crippen molar-refractivity contribution < 1.29 is 18.3 Å². The van der Waals surface area contributed by atoms with Crippen LogP contribution in [0.5, 0.6) is 5.75 Å². The molecule has 1 aliphatic rings. The minimum Gasteiger partial charge on any atom is -0.494 e. The fourth-order valence-electron chi connectivity index (χ4n) is 3.16. The minimum absolute atomic E-state index is 0.0487. The summed E-state index contributed by atoms with van der Waals surface area (Å²) in [4.78, 5) is 16.5. The molecule has 138 valence electrons. The summed E-state index contributed by atoms with van der Waals surface area (Å²) in [6.45, 7) is 5.65. The highest BCUT2D eigenvalue weighted by Crippen LogP contribution is 2.25. The van der Waals surface area contributed by atoms with Crippen LogP contribution in [0, 0.1) is 11.6 Å². The Morgan fingerprint density at radius 2 is 1.96 bits per heavy atom. The van der Waals surface area contributed by atoms with Crippen LogP contribution in [0.25, 0.3) is 0 Å². The van der Waals surface area contributed by atoms with Crippen molar-refractivity contribution >= 4 is 11.6 Å². The molecule has 0 N–H and O–H groups in total. The summed E-state index contributed by atoms with van der Waals surface area (Å²) in [5, 5.41) is 0. The van der Waals surface area contributed by atoms with E-state index in [1.165, 1.54) is 12.1 Å². The number of hydrogen-bond acceptors (Lipinski definition) is 3. The first-order valence-electron chi connectivity index (χ1n) is 8.72. The third-order valence-corrected chi connectivity index (χ3v) is 4.61. The predicted molar refractivity (Wildman–Crippen MR) is 96.2 cm³/mol. The third kappa shape index (κ3) is 3.85. The van der Waals surface area contributed by atoms with E-state index in [0.717, 1.165) is 17.5 Å². The Hall–Kier alpha value is -2.47. The first kappa shape index (κ1) is 18.3. The quantitative estimate of drug-likeness (QED) is 0.817. The lowest BCUT2D eigenvalue weighted by Crippen LogP contribution is -2.55. The fraction of sp³-hybridized carbons (Fsp3) is 0.350. The molecule has 26 heavy (non-hydrogen) atoms. The molecule has 1 amide bonds. The third-order valence-electron chi connectivity index (χ3n) is 4.61. The Morgan fingerprint density at radius 3 is 2.69 bits per heavy atom. The first-order valence-corrected chi connectivity index (χ1v) is 8.72. The van der Waals surface area contributed by atoms with E-state index >= 15 is 0 Å². The van der Waals surface area contributed by atoms with Gasteiger partial charge in [0, 0.05) is 43.0 Å². The number of benzene rings is 2. The van der Waals surface area contributed by atoms with Gasteiger partial charge < -0.3 is 9.64 Å². The highest BCUT2D eigenvalue weighted by Gasteiger charge is 2.32. The molecule has 1 heterocycles. The number of ether oxygens (including phenoxy) is 1. The maximum Gasteiger partial charge on any atom is 0.244 e. The van der Waals surface area contributed by atoms with Gasteiger partial charge in [-0.3, -0.25) is 9.69 Å². The maximum absolute atomic E-state index is 13.9. The van der Waals surface area contributed by atoms with E-state index in [0.29, 0.717) is 25.3 Å². The molecular formula is C20H22F2N2O2. The highest BCUT2D eigenvalue weighted by molar-refractivity contribution is 5.97. The zero-order chi connectivity index (χ0) is 18.7. The monoisotopic (exact) mass is 360 g/mol. The molecule has 1 atom stereocenters. The molecule has 6 heteroatoms. The smallest absolute Gasteiger partial charge is 0.244 e. The summed E-state index contributed by atoms with van der Waals surface area (Å²) >= 11 is 0. The lowest BCUT2D eigenvalue weighted by Gasteiger charge is -2.39. The van der Waals surface area contributed by atoms with Crippen LogP contribution >= 0.6 is 0 Å². The lowest BCUT2D eigenvalue weighted by atomic mass is 10.1. The molecule has 2 aromatic rings. The first-order chi connectivity index (χ1) is 12.5. The number of hydrogen-bond donors (Lipinski definition) is 0. The average molecular weight is 360 g/mol. The van der Waals surface area contributed by atoms with Crippen molar-refractivity contribution in [1.29, 1.82) is 0 Å². The lowest BCUT2D eigenvalue weighted by molar-refractivity contribution is -0.125. The van der Waals surface area contributed by atoms with E-state index in [4.69, 9.17) is 4.74 Å². The molecule has 2 aromatic carbocycles. The van der Waals surface area contributed by atoms with Crippen molar-refractivity contribution in [2.45, 2.75) is 26.4 Å². The summed E-state index contributed by atoms with van der Waals surface area (Å²) in [6, 6.07) is 10.6. The Morgan fingerprint density at radius 1 is 1.15 bits per heavy atom. The largest absolute Gasteiger partial charge is 0.494 e. The van der Waals surface area contributed by atoms with E-state index in [2.05, 4.69) is 0 Å². The Labute approximate surface area is 152 Å². The molecule has 1 fully saturated rings. The SMILES string of the molecule is CCOc1cccc(N2CCN(Cc3ccc(F)cc3F)C(C)C2=O)c1. The van der Waals surface area contributed by atoms with Gasteiger partial charge in [-0.05, 0) is 32.0 Å². The van der Waals surface area contributed by atoms with Gasteiger partial charge in [-0.25, -0.2) is 8.78 Å². The summed E-state index contributed by atoms with van der Waals surface area (Å²) in [7, 11) is 0. The van der Waals surface area contributed by atoms with Crippen molar-refractivity contribution in [3.63, 3.8) is 0 Å². The Bertz CT molecular complexity index is 797. The topological polar surface area (TPSA) is 32.8 Å². The maximum atomic E-state index is 13.9. The molecule has 1 aliphatic heterocycles. The number of carbonyl (C=O) groups is 1. The summed E-state index contributed by atoms with van der Waals surface area (Å²) in [6.07, 6.45) is 0. The molecular weight excluding hydrogens is 338 g/mol. The van der Waals surface area contributed by atoms with Gasteiger partial charge in [-0.15, -0.1) is 0 Å². The number of anilines is 1. The number of halogens is 2. The van der Waals surface area contributed by atoms with Crippen LogP contribution in [0.2, 0.25) is 0 Å². The van der Waals surface area contributed by atoms with Gasteiger partial charge >= 0.3 is 0 Å². The molecule has 0 bridgehead atoms. The van der Waals surface area contributed by atoms with E-state index in [-0.39, 0.29) is 12.5 Å². The number of piperazine rings is 1. The van der Waals surface area contributed by atoms with E-state index < -0.39 is 17.7 Å². The number of amides is 1. The molecule has 1 saturated heterocycles. The van der Waals surface area contributed by atoms with Gasteiger partial charge in [0.2, 0.25) is 5.91 Å². The standard InChI is InChI=1S/C20H22F2N2O2/c1-3-26-18-6-4-5-17(12-18)24-10-9-23(14(2)20(24)25)13-15-7-8-16(21)11-19(15)22/h4-8,11-12,14H,3,9-10,13H2,1-2H3. The number of rotatable bonds is 5. The molecule has 0 aliphatic carbocycles. The van der Waals surface area contributed by atoms with Crippen molar-refractivity contribution in [3.8, 4) is 5.75 Å². The van der Waals surface area contributed by atoms with Crippen molar-refractivity contribution in [3.05, 3.63) is 59.7 Å². The van der Waals surface area contributed by atoms with Gasteiger partial charge in [0.1, 0.15) is 17.4 Å². The van der Waals surface area contributed by atoms with E-state index in [9.17, 15) is 13.6 Å². The second kappa shape index (κ2) is 7.83. The number of carbonyl (C=O) groups excluding carboxylic acids is 1. The predicted octanol–water partition coefficient (Wildman–Crippen LogP) is 3.60. The second-order valence-corrected chi connectivity index (χ2v) is 6.30. The highest BCUT2D eigenvalue weighted by atomic mass is 19.1. The van der Waals surface area contributed by atoms with Crippen LogP contribution in [-0.4, -0.2) is 36.5 Å². The van der Waals surface area contributed by atoms with Crippen LogP contribution in [0.3, 0.4) is 0 Å². The zero-order valence-corrected chi connectivity index (χ0v) is 14.9. The summed E-state index contributed by atoms with van der Waals surface area (Å²) < 4.78 is 32.5. The molecule has 0 aromatic heterocycles. The van der Waals surface area contributed by atoms with Gasteiger partial charge in [0.25, 0.3) is 0 Å². The van der Waals surface area contributed by atoms with E-state index in [1.807, 2.05) is 43.0 Å². The van der Waals surface area contributed by atoms with Gasteiger partial charge in [-0.2, -0.15) is 0 Å². The zero-order valence-electron chi connectivity index (χ0n) is 14.9. The molecule has 0 radical (unpaired) electrons. The number of nitrogens with zero attached hydrogens (tertiary/aromatic N) is 2. The van der Waals surface area contributed by atoms with Crippen molar-refractivity contribution in [2.75, 3.05) is 24.6 Å². The van der Waals surface area contributed by atoms with Gasteiger partial charge in [0.05, 0.1) is 12.6 Å². The molecule has 0 spiro atoms. The van der Waals surface area contributed by atoms with Crippen LogP contribution in [0.15, 0.2) is 42.5 Å². The molecule has 3 rings (SSSR count). The Kier molecular flexibility index (Phi) is 5.52. The normalized spacial score (nSPS) is 18.2. The van der Waals surface area contributed by atoms with Gasteiger partial charge in [-0.1, -0.05) is 12.1 Å². The van der Waals surface area contributed by atoms with Crippen LogP contribution in [0.4, 0.5) is 14.5 Å². The minimum atomic E-state index is -0.602. The Balaban J connectivity index is 1.73. The van der Waals surface area contributed by atoms with E-state index in [1.54, 1.807) is 4.90 Å². The van der Waals surface area contributed by atoms with Gasteiger partial charge in [0.15, 0.2) is 0 Å². The summed E-state index contributed by atoms with van der Waals surface area (Å²) in [5.41, 5.74) is 1.18. The van der Waals surface area contributed by atoms with Crippen molar-refractivity contribution in [1.82, 2.24) is 4.90 Å². The summed E-state index contributed by atoms with van der Waals surface area (Å²) in [5.74, 6) is -0.514. The van der Waals surface area contributed by atoms with Crippen LogP contribution in [0.1, 0.15) is 19.4 Å². The molecule has 4 nitrogen and oxygen atoms in total. The fourth-order valence-corrected chi connectivity index (χ4v) is 3.16. The average Bonchev–Trinajstić information content (AvgIpc) is 2.62. The second-order valence-electron chi connectivity index (χ2n) is 6.30. The van der Waals surface area contributed by atoms with Crippen LogP contribution < -0.4 is 9.64 Å².